The third-order valence-corrected chi connectivity index (χ3v) is 2.32. The largest absolute Gasteiger partial charge is 0.457 e. The second-order valence-corrected chi connectivity index (χ2v) is 4.40. The minimum Gasteiger partial charge on any atom is -0.457 e. The van der Waals surface area contributed by atoms with E-state index in [0.29, 0.717) is 5.56 Å². The summed E-state index contributed by atoms with van der Waals surface area (Å²) < 4.78 is 42.1. The fraction of sp³-hybridized carbons (Fsp3) is 0.286. The molecule has 114 valence electrons. The topological polar surface area (TPSA) is 46.6 Å². The molecule has 0 bridgehead atoms. The number of alkyl halides is 3. The molecule has 0 saturated heterocycles. The second kappa shape index (κ2) is 6.92. The minimum absolute atomic E-state index is 0.213. The first-order valence-electron chi connectivity index (χ1n) is 5.92. The normalized spacial score (nSPS) is 12.0. The monoisotopic (exact) mass is 301 g/mol. The van der Waals surface area contributed by atoms with Crippen molar-refractivity contribution >= 4 is 11.8 Å². The molecule has 0 aromatic heterocycles. The number of carbonyl (C=O) groups excluding carboxylic acids is 2. The van der Waals surface area contributed by atoms with Crippen LogP contribution in [-0.2, 0) is 20.9 Å². The molecule has 7 heteroatoms. The van der Waals surface area contributed by atoms with Crippen LogP contribution in [0.5, 0.6) is 0 Å². The SMILES string of the molecule is CN(C)C=C(C(=O)OCc1ccccc1)C(=O)C(F)(F)F. The molecular formula is C14H14F3NO3. The van der Waals surface area contributed by atoms with Gasteiger partial charge in [-0.05, 0) is 5.56 Å². The van der Waals surface area contributed by atoms with E-state index >= 15 is 0 Å². The molecule has 21 heavy (non-hydrogen) atoms. The summed E-state index contributed by atoms with van der Waals surface area (Å²) in [6.07, 6.45) is -4.34. The third-order valence-electron chi connectivity index (χ3n) is 2.32. The zero-order valence-corrected chi connectivity index (χ0v) is 11.5. The Morgan fingerprint density at radius 3 is 2.24 bits per heavy atom. The van der Waals surface area contributed by atoms with E-state index in [9.17, 15) is 22.8 Å². The van der Waals surface area contributed by atoms with Crippen LogP contribution in [-0.4, -0.2) is 36.9 Å². The van der Waals surface area contributed by atoms with Crippen LogP contribution in [0, 0.1) is 0 Å². The van der Waals surface area contributed by atoms with E-state index in [1.807, 2.05) is 0 Å². The number of Topliss-reactive ketones (excluding diaryl/α,β-unsaturated/α-hetero) is 1. The summed E-state index contributed by atoms with van der Waals surface area (Å²) in [5.41, 5.74) is -0.446. The first-order chi connectivity index (χ1) is 9.71. The molecule has 0 spiro atoms. The van der Waals surface area contributed by atoms with Gasteiger partial charge in [0, 0.05) is 20.3 Å². The van der Waals surface area contributed by atoms with Gasteiger partial charge >= 0.3 is 12.1 Å². The van der Waals surface area contributed by atoms with Crippen LogP contribution in [0.1, 0.15) is 5.56 Å². The van der Waals surface area contributed by atoms with E-state index in [0.717, 1.165) is 6.20 Å². The standard InChI is InChI=1S/C14H14F3NO3/c1-18(2)8-11(12(19)14(15,16)17)13(20)21-9-10-6-4-3-5-7-10/h3-8H,9H2,1-2H3. The number of nitrogens with zero attached hydrogens (tertiary/aromatic N) is 1. The van der Waals surface area contributed by atoms with Gasteiger partial charge in [0.15, 0.2) is 0 Å². The predicted molar refractivity (Wildman–Crippen MR) is 69.1 cm³/mol. The summed E-state index contributed by atoms with van der Waals surface area (Å²) in [5, 5.41) is 0. The van der Waals surface area contributed by atoms with E-state index in [-0.39, 0.29) is 6.61 Å². The average Bonchev–Trinajstić information content (AvgIpc) is 2.41. The first kappa shape index (κ1) is 16.7. The van der Waals surface area contributed by atoms with Crippen LogP contribution in [0.25, 0.3) is 0 Å². The van der Waals surface area contributed by atoms with Crippen molar-refractivity contribution in [2.45, 2.75) is 12.8 Å². The molecule has 0 aliphatic carbocycles. The number of rotatable bonds is 5. The summed E-state index contributed by atoms with van der Waals surface area (Å²) in [4.78, 5) is 24.1. The fourth-order valence-electron chi connectivity index (χ4n) is 1.42. The van der Waals surface area contributed by atoms with Gasteiger partial charge in [0.05, 0.1) is 0 Å². The smallest absolute Gasteiger partial charge is 0.455 e. The predicted octanol–water partition coefficient (Wildman–Crippen LogP) is 2.31. The number of esters is 1. The molecule has 1 rings (SSSR count). The van der Waals surface area contributed by atoms with E-state index in [2.05, 4.69) is 0 Å². The highest BCUT2D eigenvalue weighted by molar-refractivity contribution is 6.19. The molecule has 4 nitrogen and oxygen atoms in total. The highest BCUT2D eigenvalue weighted by Gasteiger charge is 2.43. The summed E-state index contributed by atoms with van der Waals surface area (Å²) >= 11 is 0. The Labute approximate surface area is 119 Å². The van der Waals surface area contributed by atoms with Gasteiger partial charge in [0.1, 0.15) is 12.2 Å². The van der Waals surface area contributed by atoms with Crippen molar-refractivity contribution in [2.75, 3.05) is 14.1 Å². The molecule has 0 unspecified atom stereocenters. The summed E-state index contributed by atoms with van der Waals surface area (Å²) in [6.45, 7) is -0.213. The Kier molecular flexibility index (Phi) is 5.52. The van der Waals surface area contributed by atoms with Gasteiger partial charge in [-0.3, -0.25) is 4.79 Å². The number of hydrogen-bond donors (Lipinski definition) is 0. The van der Waals surface area contributed by atoms with Crippen LogP contribution >= 0.6 is 0 Å². The molecule has 0 N–H and O–H groups in total. The lowest BCUT2D eigenvalue weighted by Gasteiger charge is -2.12. The van der Waals surface area contributed by atoms with Gasteiger partial charge < -0.3 is 9.64 Å². The maximum absolute atomic E-state index is 12.5. The van der Waals surface area contributed by atoms with Gasteiger partial charge in [-0.15, -0.1) is 0 Å². The second-order valence-electron chi connectivity index (χ2n) is 4.40. The summed E-state index contributed by atoms with van der Waals surface area (Å²) in [6, 6.07) is 8.43. The number of carbonyl (C=O) groups is 2. The maximum atomic E-state index is 12.5. The Morgan fingerprint density at radius 2 is 1.76 bits per heavy atom. The molecule has 0 atom stereocenters. The van der Waals surface area contributed by atoms with Crippen molar-refractivity contribution in [3.8, 4) is 0 Å². The Balaban J connectivity index is 2.85. The number of ketones is 1. The van der Waals surface area contributed by atoms with Gasteiger partial charge in [0.25, 0.3) is 5.78 Å². The number of ether oxygens (including phenoxy) is 1. The molecule has 0 aliphatic rings. The van der Waals surface area contributed by atoms with Crippen molar-refractivity contribution in [1.29, 1.82) is 0 Å². The van der Waals surface area contributed by atoms with Crippen LogP contribution in [0.4, 0.5) is 13.2 Å². The quantitative estimate of drug-likeness (QED) is 0.362. The number of hydrogen-bond acceptors (Lipinski definition) is 4. The van der Waals surface area contributed by atoms with Crippen LogP contribution in [0.2, 0.25) is 0 Å². The zero-order chi connectivity index (χ0) is 16.0. The van der Waals surface area contributed by atoms with Crippen molar-refractivity contribution in [2.24, 2.45) is 0 Å². The Morgan fingerprint density at radius 1 is 1.19 bits per heavy atom. The minimum atomic E-state index is -5.13. The molecule has 0 saturated carbocycles. The fourth-order valence-corrected chi connectivity index (χ4v) is 1.42. The van der Waals surface area contributed by atoms with Crippen molar-refractivity contribution < 1.29 is 27.5 Å². The molecule has 1 aromatic rings. The molecule has 0 fully saturated rings. The Bertz CT molecular complexity index is 536. The van der Waals surface area contributed by atoms with Crippen molar-refractivity contribution in [3.63, 3.8) is 0 Å². The summed E-state index contributed by atoms with van der Waals surface area (Å²) in [7, 11) is 2.79. The van der Waals surface area contributed by atoms with Crippen molar-refractivity contribution in [3.05, 3.63) is 47.7 Å². The molecule has 0 amide bonds. The molecule has 0 heterocycles. The zero-order valence-electron chi connectivity index (χ0n) is 11.5. The van der Waals surface area contributed by atoms with Crippen LogP contribution in [0.15, 0.2) is 42.1 Å². The molecular weight excluding hydrogens is 287 g/mol. The van der Waals surface area contributed by atoms with E-state index in [4.69, 9.17) is 4.74 Å². The lowest BCUT2D eigenvalue weighted by Crippen LogP contribution is -2.30. The van der Waals surface area contributed by atoms with Gasteiger partial charge in [-0.2, -0.15) is 13.2 Å². The average molecular weight is 301 g/mol. The van der Waals surface area contributed by atoms with E-state index < -0.39 is 23.5 Å². The van der Waals surface area contributed by atoms with Crippen molar-refractivity contribution in [1.82, 2.24) is 4.90 Å². The Hall–Kier alpha value is -2.31. The lowest BCUT2D eigenvalue weighted by atomic mass is 10.1. The van der Waals surface area contributed by atoms with Gasteiger partial charge in [-0.1, -0.05) is 30.3 Å². The van der Waals surface area contributed by atoms with Gasteiger partial charge in [-0.25, -0.2) is 4.79 Å². The molecule has 0 aliphatic heterocycles. The molecule has 1 aromatic carbocycles. The first-order valence-corrected chi connectivity index (χ1v) is 5.92. The highest BCUT2D eigenvalue weighted by Crippen LogP contribution is 2.22. The highest BCUT2D eigenvalue weighted by atomic mass is 19.4. The van der Waals surface area contributed by atoms with E-state index in [1.54, 1.807) is 30.3 Å². The summed E-state index contributed by atoms with van der Waals surface area (Å²) in [5.74, 6) is -3.54. The lowest BCUT2D eigenvalue weighted by molar-refractivity contribution is -0.169. The maximum Gasteiger partial charge on any atom is 0.455 e. The van der Waals surface area contributed by atoms with Crippen LogP contribution in [0.3, 0.4) is 0 Å². The number of benzene rings is 1. The van der Waals surface area contributed by atoms with Gasteiger partial charge in [0.2, 0.25) is 0 Å². The van der Waals surface area contributed by atoms with E-state index in [1.165, 1.54) is 19.0 Å². The third kappa shape index (κ3) is 5.29. The number of halogens is 3. The molecule has 0 radical (unpaired) electrons. The van der Waals surface area contributed by atoms with Crippen LogP contribution < -0.4 is 0 Å².